The number of ether oxygens (including phenoxy) is 1. The van der Waals surface area contributed by atoms with E-state index in [1.807, 2.05) is 13.8 Å². The molecule has 6 heteroatoms. The van der Waals surface area contributed by atoms with E-state index < -0.39 is 0 Å². The van der Waals surface area contributed by atoms with E-state index >= 15 is 0 Å². The topological polar surface area (TPSA) is 71.7 Å². The molecule has 0 aliphatic heterocycles. The molecule has 3 aromatic rings. The van der Waals surface area contributed by atoms with Crippen molar-refractivity contribution in [3.8, 4) is 22.8 Å². The molecule has 3 rings (SSSR count). The monoisotopic (exact) mass is 343 g/mol. The summed E-state index contributed by atoms with van der Waals surface area (Å²) in [6, 6.07) is 8.63. The summed E-state index contributed by atoms with van der Waals surface area (Å²) in [7, 11) is 1.52. The number of aromatic hydroxyl groups is 1. The van der Waals surface area contributed by atoms with Crippen LogP contribution < -0.4 is 10.1 Å². The van der Waals surface area contributed by atoms with E-state index in [-0.39, 0.29) is 29.3 Å². The molecule has 1 aromatic heterocycles. The minimum atomic E-state index is -0.383. The van der Waals surface area contributed by atoms with Crippen molar-refractivity contribution < 1.29 is 23.4 Å². The average molecular weight is 343 g/mol. The molecule has 2 aromatic carbocycles. The Morgan fingerprint density at radius 2 is 1.92 bits per heavy atom. The lowest BCUT2D eigenvalue weighted by molar-refractivity contribution is 0.0964. The minimum Gasteiger partial charge on any atom is -0.504 e. The maximum Gasteiger partial charge on any atom is 0.255 e. The lowest BCUT2D eigenvalue weighted by Crippen LogP contribution is -2.18. The molecule has 2 N–H and O–H groups in total. The average Bonchev–Trinajstić information content (AvgIpc) is 2.93. The lowest BCUT2D eigenvalue weighted by atomic mass is 10.0. The van der Waals surface area contributed by atoms with Gasteiger partial charge in [0.15, 0.2) is 11.5 Å². The number of furan rings is 1. The molecule has 1 heterocycles. The number of carbonyl (C=O) groups excluding carboxylic acids is 1. The summed E-state index contributed by atoms with van der Waals surface area (Å²) in [6.07, 6.45) is -0.143. The lowest BCUT2D eigenvalue weighted by Gasteiger charge is -2.11. The van der Waals surface area contributed by atoms with Crippen LogP contribution in [-0.2, 0) is 0 Å². The maximum absolute atomic E-state index is 13.2. The van der Waals surface area contributed by atoms with Gasteiger partial charge in [-0.1, -0.05) is 0 Å². The number of hydrogen-bond donors (Lipinski definition) is 2. The van der Waals surface area contributed by atoms with Gasteiger partial charge < -0.3 is 19.6 Å². The van der Waals surface area contributed by atoms with Crippen LogP contribution in [0.5, 0.6) is 11.5 Å². The van der Waals surface area contributed by atoms with Gasteiger partial charge >= 0.3 is 0 Å². The van der Waals surface area contributed by atoms with Crippen LogP contribution in [-0.4, -0.2) is 24.2 Å². The van der Waals surface area contributed by atoms with Crippen LogP contribution in [0.25, 0.3) is 22.3 Å². The van der Waals surface area contributed by atoms with Crippen molar-refractivity contribution in [1.29, 1.82) is 0 Å². The second-order valence-corrected chi connectivity index (χ2v) is 5.87. The van der Waals surface area contributed by atoms with Crippen molar-refractivity contribution >= 4 is 16.9 Å². The summed E-state index contributed by atoms with van der Waals surface area (Å²) in [6.45, 7) is 3.67. The van der Waals surface area contributed by atoms with E-state index in [2.05, 4.69) is 5.32 Å². The first-order valence-corrected chi connectivity index (χ1v) is 7.85. The van der Waals surface area contributed by atoms with Crippen LogP contribution in [0.3, 0.4) is 0 Å². The van der Waals surface area contributed by atoms with Crippen molar-refractivity contribution in [2.45, 2.75) is 20.0 Å². The molecular weight excluding hydrogens is 325 g/mol. The Bertz CT molecular complexity index is 929. The van der Waals surface area contributed by atoms with Gasteiger partial charge in [0.05, 0.1) is 11.7 Å². The quantitative estimate of drug-likeness (QED) is 0.748. The molecule has 1 amide bonds. The molecule has 0 saturated heterocycles. The third-order valence-corrected chi connectivity index (χ3v) is 3.69. The normalized spacial score (nSPS) is 11.1. The van der Waals surface area contributed by atoms with Gasteiger partial charge in [0.2, 0.25) is 0 Å². The third-order valence-electron chi connectivity index (χ3n) is 3.69. The van der Waals surface area contributed by atoms with Gasteiger partial charge in [-0.25, -0.2) is 4.39 Å². The van der Waals surface area contributed by atoms with Crippen LogP contribution in [0, 0.1) is 5.82 Å². The molecule has 0 radical (unpaired) electrons. The van der Waals surface area contributed by atoms with E-state index in [0.29, 0.717) is 27.9 Å². The highest BCUT2D eigenvalue weighted by atomic mass is 19.1. The maximum atomic E-state index is 13.2. The number of fused-ring (bicyclic) bond motifs is 1. The molecule has 130 valence electrons. The molecule has 0 aliphatic rings. The summed E-state index contributed by atoms with van der Waals surface area (Å²) in [4.78, 5) is 12.4. The summed E-state index contributed by atoms with van der Waals surface area (Å²) in [5, 5.41) is 13.2. The Balaban J connectivity index is 2.26. The second-order valence-electron chi connectivity index (χ2n) is 5.87. The highest BCUT2D eigenvalue weighted by Crippen LogP contribution is 2.39. The molecule has 0 unspecified atom stereocenters. The van der Waals surface area contributed by atoms with Crippen LogP contribution >= 0.6 is 0 Å². The zero-order valence-electron chi connectivity index (χ0n) is 14.1. The molecular formula is C19H18FNO4. The van der Waals surface area contributed by atoms with Gasteiger partial charge in [0, 0.05) is 24.1 Å². The largest absolute Gasteiger partial charge is 0.504 e. The van der Waals surface area contributed by atoms with E-state index in [0.717, 1.165) is 0 Å². The van der Waals surface area contributed by atoms with Crippen LogP contribution in [0.15, 0.2) is 40.8 Å². The molecule has 25 heavy (non-hydrogen) atoms. The van der Waals surface area contributed by atoms with Crippen molar-refractivity contribution in [3.63, 3.8) is 0 Å². The number of hydrogen-bond acceptors (Lipinski definition) is 4. The smallest absolute Gasteiger partial charge is 0.255 e. The van der Waals surface area contributed by atoms with Crippen LogP contribution in [0.1, 0.15) is 24.2 Å². The highest BCUT2D eigenvalue weighted by Gasteiger charge is 2.23. The SMILES string of the molecule is CNC(=O)c1c(-c2ccc(F)cc2)oc2cc(O)c(OC(C)C)cc12. The number of rotatable bonds is 4. The number of carbonyl (C=O) groups is 1. The number of halogens is 1. The summed E-state index contributed by atoms with van der Waals surface area (Å²) in [5.41, 5.74) is 1.20. The van der Waals surface area contributed by atoms with Gasteiger partial charge in [-0.15, -0.1) is 0 Å². The first-order valence-electron chi connectivity index (χ1n) is 7.85. The van der Waals surface area contributed by atoms with Crippen LogP contribution in [0.4, 0.5) is 4.39 Å². The first-order chi connectivity index (χ1) is 11.9. The van der Waals surface area contributed by atoms with Gasteiger partial charge in [-0.05, 0) is 44.2 Å². The van der Waals surface area contributed by atoms with Gasteiger partial charge in [0.25, 0.3) is 5.91 Å². The van der Waals surface area contributed by atoms with Gasteiger partial charge in [0.1, 0.15) is 17.2 Å². The molecule has 0 spiro atoms. The Hall–Kier alpha value is -3.02. The zero-order valence-corrected chi connectivity index (χ0v) is 14.1. The molecule has 0 atom stereocenters. The Kier molecular flexibility index (Phi) is 4.35. The highest BCUT2D eigenvalue weighted by molar-refractivity contribution is 6.11. The number of nitrogens with one attached hydrogen (secondary N) is 1. The number of phenolic OH excluding ortho intramolecular Hbond substituents is 1. The second kappa shape index (κ2) is 6.47. The van der Waals surface area contributed by atoms with E-state index in [9.17, 15) is 14.3 Å². The molecule has 0 bridgehead atoms. The van der Waals surface area contributed by atoms with Crippen molar-refractivity contribution in [1.82, 2.24) is 5.32 Å². The molecule has 0 aliphatic carbocycles. The van der Waals surface area contributed by atoms with E-state index in [1.54, 1.807) is 6.07 Å². The zero-order chi connectivity index (χ0) is 18.1. The minimum absolute atomic E-state index is 0.0796. The van der Waals surface area contributed by atoms with Crippen molar-refractivity contribution in [2.24, 2.45) is 0 Å². The van der Waals surface area contributed by atoms with Crippen molar-refractivity contribution in [2.75, 3.05) is 7.05 Å². The van der Waals surface area contributed by atoms with Crippen molar-refractivity contribution in [3.05, 3.63) is 47.8 Å². The van der Waals surface area contributed by atoms with Gasteiger partial charge in [-0.2, -0.15) is 0 Å². The Labute approximate surface area is 144 Å². The molecule has 5 nitrogen and oxygen atoms in total. The van der Waals surface area contributed by atoms with Gasteiger partial charge in [-0.3, -0.25) is 4.79 Å². The Morgan fingerprint density at radius 3 is 2.52 bits per heavy atom. The predicted octanol–water partition coefficient (Wildman–Crippen LogP) is 4.09. The van der Waals surface area contributed by atoms with E-state index in [1.165, 1.54) is 37.4 Å². The molecule has 0 fully saturated rings. The number of amides is 1. The summed E-state index contributed by atoms with van der Waals surface area (Å²) < 4.78 is 24.6. The fourth-order valence-electron chi connectivity index (χ4n) is 2.62. The summed E-state index contributed by atoms with van der Waals surface area (Å²) in [5.74, 6) is -0.246. The fraction of sp³-hybridized carbons (Fsp3) is 0.211. The van der Waals surface area contributed by atoms with E-state index in [4.69, 9.17) is 9.15 Å². The number of phenols is 1. The summed E-state index contributed by atoms with van der Waals surface area (Å²) >= 11 is 0. The fourth-order valence-corrected chi connectivity index (χ4v) is 2.62. The van der Waals surface area contributed by atoms with Crippen LogP contribution in [0.2, 0.25) is 0 Å². The molecule has 0 saturated carbocycles. The Morgan fingerprint density at radius 1 is 1.24 bits per heavy atom. The third kappa shape index (κ3) is 3.15. The first kappa shape index (κ1) is 16.8. The number of benzene rings is 2. The predicted molar refractivity (Wildman–Crippen MR) is 92.4 cm³/mol. The standard InChI is InChI=1S/C19H18FNO4/c1-10(2)24-16-8-13-15(9-14(16)22)25-18(17(13)19(23)21-3)11-4-6-12(20)7-5-11/h4-10,22H,1-3H3,(H,21,23).